The van der Waals surface area contributed by atoms with Crippen LogP contribution in [0, 0.1) is 0 Å². The van der Waals surface area contributed by atoms with E-state index in [1.807, 2.05) is 0 Å². The second-order valence-corrected chi connectivity index (χ2v) is 5.74. The fraction of sp³-hybridized carbons (Fsp3) is 0.188. The van der Waals surface area contributed by atoms with Gasteiger partial charge in [0, 0.05) is 24.3 Å². The molecule has 0 radical (unpaired) electrons. The van der Waals surface area contributed by atoms with Gasteiger partial charge in [-0.15, -0.1) is 0 Å². The number of carbonyl (C=O) groups excluding carboxylic acids is 1. The molecule has 128 valence electrons. The maximum Gasteiger partial charge on any atom is 0.416 e. The molecule has 0 bridgehead atoms. The predicted octanol–water partition coefficient (Wildman–Crippen LogP) is 5.45. The smallest absolute Gasteiger partial charge is 0.385 e. The van der Waals surface area contributed by atoms with Crippen LogP contribution in [0.15, 0.2) is 42.5 Å². The molecule has 0 aromatic heterocycles. The third-order valence-corrected chi connectivity index (χ3v) is 3.84. The number of rotatable bonds is 5. The first kappa shape index (κ1) is 18.4. The van der Waals surface area contributed by atoms with Gasteiger partial charge >= 0.3 is 6.18 Å². The van der Waals surface area contributed by atoms with Gasteiger partial charge in [0.05, 0.1) is 15.6 Å². The van der Waals surface area contributed by atoms with E-state index in [1.165, 1.54) is 18.2 Å². The number of hydrogen-bond acceptors (Lipinski definition) is 2. The average Bonchev–Trinajstić information content (AvgIpc) is 2.50. The van der Waals surface area contributed by atoms with Crippen molar-refractivity contribution in [1.82, 2.24) is 0 Å². The van der Waals surface area contributed by atoms with E-state index < -0.39 is 11.7 Å². The second kappa shape index (κ2) is 7.77. The summed E-state index contributed by atoms with van der Waals surface area (Å²) >= 11 is 11.6. The fourth-order valence-corrected chi connectivity index (χ4v) is 2.19. The van der Waals surface area contributed by atoms with Crippen LogP contribution >= 0.6 is 23.2 Å². The lowest BCUT2D eigenvalue weighted by molar-refractivity contribution is -0.137. The van der Waals surface area contributed by atoms with Crippen molar-refractivity contribution >= 4 is 40.5 Å². The van der Waals surface area contributed by atoms with Crippen molar-refractivity contribution in [3.05, 3.63) is 58.1 Å². The Morgan fingerprint density at radius 2 is 1.58 bits per heavy atom. The minimum Gasteiger partial charge on any atom is -0.385 e. The highest BCUT2D eigenvalue weighted by Crippen LogP contribution is 2.29. The molecule has 0 atom stereocenters. The molecule has 0 saturated carbocycles. The summed E-state index contributed by atoms with van der Waals surface area (Å²) in [6, 6.07) is 9.33. The molecule has 2 N–H and O–H groups in total. The Morgan fingerprint density at radius 3 is 2.17 bits per heavy atom. The molecule has 1 amide bonds. The number of amides is 1. The molecule has 0 aliphatic rings. The van der Waals surface area contributed by atoms with E-state index in [0.29, 0.717) is 21.4 Å². The van der Waals surface area contributed by atoms with Crippen LogP contribution in [0.4, 0.5) is 24.5 Å². The molecule has 24 heavy (non-hydrogen) atoms. The highest BCUT2D eigenvalue weighted by atomic mass is 35.5. The van der Waals surface area contributed by atoms with E-state index in [4.69, 9.17) is 23.2 Å². The molecular weight excluding hydrogens is 364 g/mol. The zero-order valence-electron chi connectivity index (χ0n) is 12.3. The highest BCUT2D eigenvalue weighted by molar-refractivity contribution is 6.42. The van der Waals surface area contributed by atoms with Gasteiger partial charge in [-0.1, -0.05) is 23.2 Å². The van der Waals surface area contributed by atoms with Gasteiger partial charge in [0.2, 0.25) is 5.91 Å². The first-order valence-electron chi connectivity index (χ1n) is 6.92. The van der Waals surface area contributed by atoms with Gasteiger partial charge in [0.25, 0.3) is 0 Å². The number of anilines is 2. The summed E-state index contributed by atoms with van der Waals surface area (Å²) in [6.45, 7) is 0.276. The van der Waals surface area contributed by atoms with Crippen LogP contribution in [0.3, 0.4) is 0 Å². The topological polar surface area (TPSA) is 41.1 Å². The normalized spacial score (nSPS) is 11.2. The van der Waals surface area contributed by atoms with Gasteiger partial charge in [0.15, 0.2) is 0 Å². The van der Waals surface area contributed by atoms with Crippen molar-refractivity contribution < 1.29 is 18.0 Å². The Hall–Kier alpha value is -1.92. The van der Waals surface area contributed by atoms with Crippen molar-refractivity contribution in [3.8, 4) is 0 Å². The van der Waals surface area contributed by atoms with E-state index in [9.17, 15) is 18.0 Å². The van der Waals surface area contributed by atoms with Crippen molar-refractivity contribution in [2.24, 2.45) is 0 Å². The van der Waals surface area contributed by atoms with Crippen LogP contribution in [0.5, 0.6) is 0 Å². The van der Waals surface area contributed by atoms with Crippen LogP contribution in [0.25, 0.3) is 0 Å². The minimum absolute atomic E-state index is 0.140. The van der Waals surface area contributed by atoms with Gasteiger partial charge in [-0.2, -0.15) is 13.2 Å². The van der Waals surface area contributed by atoms with Gasteiger partial charge in [0.1, 0.15) is 0 Å². The number of halogens is 5. The molecule has 8 heteroatoms. The third-order valence-electron chi connectivity index (χ3n) is 3.10. The zero-order chi connectivity index (χ0) is 17.7. The van der Waals surface area contributed by atoms with E-state index in [0.717, 1.165) is 12.1 Å². The minimum atomic E-state index is -4.36. The summed E-state index contributed by atoms with van der Waals surface area (Å²) in [7, 11) is 0. The number of benzene rings is 2. The molecule has 0 saturated heterocycles. The summed E-state index contributed by atoms with van der Waals surface area (Å²) in [6.07, 6.45) is -4.22. The van der Waals surface area contributed by atoms with E-state index in [2.05, 4.69) is 10.6 Å². The van der Waals surface area contributed by atoms with Crippen LogP contribution in [0.2, 0.25) is 10.0 Å². The molecule has 0 heterocycles. The van der Waals surface area contributed by atoms with E-state index in [1.54, 1.807) is 12.1 Å². The lowest BCUT2D eigenvalue weighted by Gasteiger charge is -2.10. The van der Waals surface area contributed by atoms with Gasteiger partial charge in [-0.25, -0.2) is 0 Å². The molecular formula is C16H13Cl2F3N2O. The summed E-state index contributed by atoms with van der Waals surface area (Å²) < 4.78 is 37.3. The Labute approximate surface area is 146 Å². The van der Waals surface area contributed by atoms with Gasteiger partial charge in [-0.05, 0) is 42.5 Å². The Bertz CT molecular complexity index is 718. The molecule has 2 aromatic rings. The third kappa shape index (κ3) is 5.32. The quantitative estimate of drug-likeness (QED) is 0.727. The Kier molecular flexibility index (Phi) is 5.96. The van der Waals surface area contributed by atoms with E-state index in [-0.39, 0.29) is 18.9 Å². The monoisotopic (exact) mass is 376 g/mol. The van der Waals surface area contributed by atoms with Gasteiger partial charge < -0.3 is 10.6 Å². The maximum atomic E-state index is 12.4. The molecule has 0 fully saturated rings. The Morgan fingerprint density at radius 1 is 0.958 bits per heavy atom. The highest BCUT2D eigenvalue weighted by Gasteiger charge is 2.29. The van der Waals surface area contributed by atoms with Crippen LogP contribution in [0.1, 0.15) is 12.0 Å². The fourth-order valence-electron chi connectivity index (χ4n) is 1.89. The largest absolute Gasteiger partial charge is 0.416 e. The molecule has 2 aromatic carbocycles. The molecule has 3 nitrogen and oxygen atoms in total. The number of hydrogen-bond donors (Lipinski definition) is 2. The van der Waals surface area contributed by atoms with Crippen molar-refractivity contribution in [2.45, 2.75) is 12.6 Å². The van der Waals surface area contributed by atoms with Gasteiger partial charge in [-0.3, -0.25) is 4.79 Å². The lowest BCUT2D eigenvalue weighted by atomic mass is 10.2. The average molecular weight is 377 g/mol. The number of alkyl halides is 3. The first-order chi connectivity index (χ1) is 11.3. The predicted molar refractivity (Wildman–Crippen MR) is 89.6 cm³/mol. The summed E-state index contributed by atoms with van der Waals surface area (Å²) in [4.78, 5) is 11.8. The molecule has 0 aliphatic carbocycles. The van der Waals surface area contributed by atoms with Crippen molar-refractivity contribution in [1.29, 1.82) is 0 Å². The molecule has 0 unspecified atom stereocenters. The van der Waals surface area contributed by atoms with E-state index >= 15 is 0 Å². The SMILES string of the molecule is O=C(CCNc1ccc(C(F)(F)F)cc1)Nc1ccc(Cl)c(Cl)c1. The van der Waals surface area contributed by atoms with Crippen molar-refractivity contribution in [2.75, 3.05) is 17.2 Å². The second-order valence-electron chi connectivity index (χ2n) is 4.93. The van der Waals surface area contributed by atoms with Crippen molar-refractivity contribution in [3.63, 3.8) is 0 Å². The summed E-state index contributed by atoms with van der Waals surface area (Å²) in [5.41, 5.74) is 0.305. The maximum absolute atomic E-state index is 12.4. The number of carbonyl (C=O) groups is 1. The number of nitrogens with one attached hydrogen (secondary N) is 2. The summed E-state index contributed by atoms with van der Waals surface area (Å²) in [5, 5.41) is 6.26. The Balaban J connectivity index is 1.81. The lowest BCUT2D eigenvalue weighted by Crippen LogP contribution is -2.16. The molecule has 2 rings (SSSR count). The summed E-state index contributed by atoms with van der Waals surface area (Å²) in [5.74, 6) is -0.257. The zero-order valence-corrected chi connectivity index (χ0v) is 13.8. The molecule has 0 spiro atoms. The van der Waals surface area contributed by atoms with Crippen LogP contribution in [-0.2, 0) is 11.0 Å². The standard InChI is InChI=1S/C16H13Cl2F3N2O/c17-13-6-5-12(9-14(13)18)23-15(24)7-8-22-11-3-1-10(2-4-11)16(19,20)21/h1-6,9,22H,7-8H2,(H,23,24). The van der Waals surface area contributed by atoms with Crippen LogP contribution in [-0.4, -0.2) is 12.5 Å². The van der Waals surface area contributed by atoms with Crippen LogP contribution < -0.4 is 10.6 Å². The molecule has 0 aliphatic heterocycles. The first-order valence-corrected chi connectivity index (χ1v) is 7.67.